The Labute approximate surface area is 132 Å². The molecule has 116 valence electrons. The molecule has 3 rings (SSSR count). The van der Waals surface area contributed by atoms with E-state index in [2.05, 4.69) is 19.9 Å². The van der Waals surface area contributed by atoms with Gasteiger partial charge in [0, 0.05) is 51.1 Å². The number of carbonyl (C=O) groups excluding carboxylic acids is 1. The molecule has 0 radical (unpaired) electrons. The lowest BCUT2D eigenvalue weighted by Crippen LogP contribution is -2.49. The molecule has 1 fully saturated rings. The number of amides is 1. The standard InChI is InChI=1S/C14H17N5O2S/c1-21-9-13-17-11(10-22-13)14(20)19-6-4-18(5-7-19)12-8-15-2-3-16-12/h2-3,8,10H,4-7,9H2,1H3. The molecule has 0 bridgehead atoms. The molecule has 0 aliphatic carbocycles. The first-order valence-corrected chi connectivity index (χ1v) is 7.89. The molecule has 22 heavy (non-hydrogen) atoms. The van der Waals surface area contributed by atoms with Crippen molar-refractivity contribution in [2.24, 2.45) is 0 Å². The minimum atomic E-state index is -0.0163. The van der Waals surface area contributed by atoms with Crippen LogP contribution in [-0.2, 0) is 11.3 Å². The van der Waals surface area contributed by atoms with E-state index in [1.807, 2.05) is 4.90 Å². The largest absolute Gasteiger partial charge is 0.378 e. The highest BCUT2D eigenvalue weighted by atomic mass is 32.1. The lowest BCUT2D eigenvalue weighted by molar-refractivity contribution is 0.0740. The van der Waals surface area contributed by atoms with Crippen molar-refractivity contribution in [3.63, 3.8) is 0 Å². The van der Waals surface area contributed by atoms with Crippen molar-refractivity contribution in [3.8, 4) is 0 Å². The number of hydrogen-bond acceptors (Lipinski definition) is 7. The van der Waals surface area contributed by atoms with Gasteiger partial charge in [0.2, 0.25) is 0 Å². The van der Waals surface area contributed by atoms with E-state index in [0.717, 1.165) is 23.9 Å². The van der Waals surface area contributed by atoms with Crippen molar-refractivity contribution >= 4 is 23.1 Å². The van der Waals surface area contributed by atoms with E-state index in [1.165, 1.54) is 11.3 Å². The monoisotopic (exact) mass is 319 g/mol. The van der Waals surface area contributed by atoms with Crippen LogP contribution in [0.1, 0.15) is 15.5 Å². The summed E-state index contributed by atoms with van der Waals surface area (Å²) in [6.45, 7) is 3.26. The number of thiazole rings is 1. The van der Waals surface area contributed by atoms with Gasteiger partial charge in [0.1, 0.15) is 16.5 Å². The normalized spacial score (nSPS) is 15.1. The Bertz CT molecular complexity index is 625. The van der Waals surface area contributed by atoms with E-state index in [0.29, 0.717) is 25.4 Å². The number of carbonyl (C=O) groups is 1. The molecule has 8 heteroatoms. The average molecular weight is 319 g/mol. The van der Waals surface area contributed by atoms with E-state index < -0.39 is 0 Å². The number of rotatable bonds is 4. The number of piperazine rings is 1. The molecule has 2 aromatic rings. The first-order valence-electron chi connectivity index (χ1n) is 7.01. The van der Waals surface area contributed by atoms with Crippen LogP contribution >= 0.6 is 11.3 Å². The molecule has 0 atom stereocenters. The smallest absolute Gasteiger partial charge is 0.273 e. The van der Waals surface area contributed by atoms with Gasteiger partial charge in [0.25, 0.3) is 5.91 Å². The van der Waals surface area contributed by atoms with Crippen molar-refractivity contribution in [2.45, 2.75) is 6.61 Å². The quantitative estimate of drug-likeness (QED) is 0.838. The van der Waals surface area contributed by atoms with Gasteiger partial charge in [-0.3, -0.25) is 9.78 Å². The number of nitrogens with zero attached hydrogens (tertiary/aromatic N) is 5. The fraction of sp³-hybridized carbons (Fsp3) is 0.429. The summed E-state index contributed by atoms with van der Waals surface area (Å²) in [4.78, 5) is 29.1. The second kappa shape index (κ2) is 6.80. The van der Waals surface area contributed by atoms with Crippen LogP contribution in [0.2, 0.25) is 0 Å². The van der Waals surface area contributed by atoms with Crippen LogP contribution in [0.15, 0.2) is 24.0 Å². The number of hydrogen-bond donors (Lipinski definition) is 0. The second-order valence-corrected chi connectivity index (χ2v) is 5.85. The highest BCUT2D eigenvalue weighted by molar-refractivity contribution is 7.09. The Balaban J connectivity index is 1.59. The first-order chi connectivity index (χ1) is 10.8. The summed E-state index contributed by atoms with van der Waals surface area (Å²) in [5, 5.41) is 2.62. The molecule has 1 aliphatic heterocycles. The summed E-state index contributed by atoms with van der Waals surface area (Å²) in [6, 6.07) is 0. The predicted molar refractivity (Wildman–Crippen MR) is 83.0 cm³/mol. The van der Waals surface area contributed by atoms with Gasteiger partial charge in [-0.2, -0.15) is 0 Å². The molecule has 0 aromatic carbocycles. The summed E-state index contributed by atoms with van der Waals surface area (Å²) >= 11 is 1.45. The highest BCUT2D eigenvalue weighted by Gasteiger charge is 2.24. The summed E-state index contributed by atoms with van der Waals surface area (Å²) in [5.41, 5.74) is 0.505. The van der Waals surface area contributed by atoms with Crippen molar-refractivity contribution in [3.05, 3.63) is 34.7 Å². The SMILES string of the molecule is COCc1nc(C(=O)N2CCN(c3cnccn3)CC2)cs1. The van der Waals surface area contributed by atoms with Gasteiger partial charge in [-0.05, 0) is 0 Å². The van der Waals surface area contributed by atoms with Crippen molar-refractivity contribution in [1.82, 2.24) is 19.9 Å². The fourth-order valence-corrected chi connectivity index (χ4v) is 3.09. The molecule has 0 N–H and O–H groups in total. The van der Waals surface area contributed by atoms with Gasteiger partial charge < -0.3 is 14.5 Å². The van der Waals surface area contributed by atoms with Crippen molar-refractivity contribution < 1.29 is 9.53 Å². The molecule has 1 amide bonds. The average Bonchev–Trinajstić information content (AvgIpc) is 3.04. The maximum absolute atomic E-state index is 12.4. The number of aromatic nitrogens is 3. The molecular formula is C14H17N5O2S. The Kier molecular flexibility index (Phi) is 4.59. The summed E-state index contributed by atoms with van der Waals surface area (Å²) in [7, 11) is 1.62. The van der Waals surface area contributed by atoms with Gasteiger partial charge in [-0.25, -0.2) is 9.97 Å². The van der Waals surface area contributed by atoms with Crippen LogP contribution in [0.4, 0.5) is 5.82 Å². The van der Waals surface area contributed by atoms with Gasteiger partial charge >= 0.3 is 0 Å². The van der Waals surface area contributed by atoms with Crippen LogP contribution in [0, 0.1) is 0 Å². The molecule has 7 nitrogen and oxygen atoms in total. The van der Waals surface area contributed by atoms with E-state index in [-0.39, 0.29) is 5.91 Å². The van der Waals surface area contributed by atoms with Gasteiger partial charge in [0.05, 0.1) is 12.8 Å². The van der Waals surface area contributed by atoms with Crippen LogP contribution in [0.3, 0.4) is 0 Å². The van der Waals surface area contributed by atoms with E-state index in [1.54, 1.807) is 31.1 Å². The van der Waals surface area contributed by atoms with Gasteiger partial charge in [-0.15, -0.1) is 11.3 Å². The molecule has 2 aromatic heterocycles. The zero-order valence-corrected chi connectivity index (χ0v) is 13.1. The molecular weight excluding hydrogens is 302 g/mol. The van der Waals surface area contributed by atoms with Crippen LogP contribution in [0.25, 0.3) is 0 Å². The maximum Gasteiger partial charge on any atom is 0.273 e. The van der Waals surface area contributed by atoms with E-state index in [4.69, 9.17) is 4.74 Å². The van der Waals surface area contributed by atoms with Crippen LogP contribution in [-0.4, -0.2) is 59.0 Å². The molecule has 0 spiro atoms. The third kappa shape index (κ3) is 3.23. The first kappa shape index (κ1) is 14.9. The second-order valence-electron chi connectivity index (χ2n) is 4.90. The zero-order chi connectivity index (χ0) is 15.4. The minimum Gasteiger partial charge on any atom is -0.378 e. The summed E-state index contributed by atoms with van der Waals surface area (Å²) in [6.07, 6.45) is 5.08. The molecule has 3 heterocycles. The summed E-state index contributed by atoms with van der Waals surface area (Å²) in [5.74, 6) is 0.836. The minimum absolute atomic E-state index is 0.0163. The van der Waals surface area contributed by atoms with Gasteiger partial charge in [-0.1, -0.05) is 0 Å². The summed E-state index contributed by atoms with van der Waals surface area (Å²) < 4.78 is 5.03. The van der Waals surface area contributed by atoms with E-state index in [9.17, 15) is 4.79 Å². The lowest BCUT2D eigenvalue weighted by Gasteiger charge is -2.34. The highest BCUT2D eigenvalue weighted by Crippen LogP contribution is 2.16. The van der Waals surface area contributed by atoms with Gasteiger partial charge in [0.15, 0.2) is 0 Å². The topological polar surface area (TPSA) is 71.5 Å². The molecule has 1 aliphatic rings. The van der Waals surface area contributed by atoms with Crippen molar-refractivity contribution in [2.75, 3.05) is 38.2 Å². The Morgan fingerprint density at radius 2 is 2.14 bits per heavy atom. The van der Waals surface area contributed by atoms with Crippen LogP contribution < -0.4 is 4.90 Å². The molecule has 0 saturated carbocycles. The Morgan fingerprint density at radius 3 is 2.82 bits per heavy atom. The third-order valence-corrected chi connectivity index (χ3v) is 4.30. The number of methoxy groups -OCH3 is 1. The Hall–Kier alpha value is -2.06. The fourth-order valence-electron chi connectivity index (χ4n) is 2.35. The number of ether oxygens (including phenoxy) is 1. The zero-order valence-electron chi connectivity index (χ0n) is 12.3. The lowest BCUT2D eigenvalue weighted by atomic mass is 10.3. The molecule has 1 saturated heterocycles. The molecule has 0 unspecified atom stereocenters. The maximum atomic E-state index is 12.4. The number of anilines is 1. The predicted octanol–water partition coefficient (Wildman–Crippen LogP) is 1.04. The van der Waals surface area contributed by atoms with E-state index >= 15 is 0 Å². The third-order valence-electron chi connectivity index (χ3n) is 3.48. The van der Waals surface area contributed by atoms with Crippen LogP contribution in [0.5, 0.6) is 0 Å². The Morgan fingerprint density at radius 1 is 1.32 bits per heavy atom. The van der Waals surface area contributed by atoms with Crippen molar-refractivity contribution in [1.29, 1.82) is 0 Å².